The normalized spacial score (nSPS) is 11.3. The summed E-state index contributed by atoms with van der Waals surface area (Å²) < 4.78 is 68.4. The summed E-state index contributed by atoms with van der Waals surface area (Å²) in [6.45, 7) is 0. The first-order valence-corrected chi connectivity index (χ1v) is 5.62. The summed E-state index contributed by atoms with van der Waals surface area (Å²) in [5, 5.41) is 0. The molecule has 2 aromatic rings. The largest absolute Gasteiger partial charge is 0.423 e. The van der Waals surface area contributed by atoms with Crippen molar-refractivity contribution in [3.8, 4) is 5.75 Å². The molecule has 0 N–H and O–H groups in total. The van der Waals surface area contributed by atoms with Crippen LogP contribution >= 0.6 is 0 Å². The summed E-state index contributed by atoms with van der Waals surface area (Å²) in [7, 11) is 0. The molecule has 0 bridgehead atoms. The zero-order valence-corrected chi connectivity index (χ0v) is 10.2. The van der Waals surface area contributed by atoms with Crippen molar-refractivity contribution in [1.29, 1.82) is 0 Å². The van der Waals surface area contributed by atoms with Gasteiger partial charge in [-0.2, -0.15) is 13.2 Å². The molecule has 0 unspecified atom stereocenters. The summed E-state index contributed by atoms with van der Waals surface area (Å²) in [5.41, 5.74) is -1.93. The second-order valence-corrected chi connectivity index (χ2v) is 4.02. The van der Waals surface area contributed by atoms with Crippen molar-refractivity contribution < 1.29 is 31.5 Å². The maximum absolute atomic E-state index is 13.3. The van der Waals surface area contributed by atoms with Crippen molar-refractivity contribution in [2.24, 2.45) is 0 Å². The van der Waals surface area contributed by atoms with Crippen LogP contribution in [-0.2, 0) is 6.18 Å². The third kappa shape index (κ3) is 3.36. The molecule has 0 spiro atoms. The first-order chi connectivity index (χ1) is 9.79. The third-order valence-corrected chi connectivity index (χ3v) is 2.52. The highest BCUT2D eigenvalue weighted by Gasteiger charge is 2.38. The van der Waals surface area contributed by atoms with Gasteiger partial charge in [0.15, 0.2) is 0 Å². The molecule has 2 aromatic carbocycles. The van der Waals surface area contributed by atoms with Gasteiger partial charge in [0.25, 0.3) is 0 Å². The number of hydrogen-bond acceptors (Lipinski definition) is 2. The molecule has 2 nitrogen and oxygen atoms in total. The van der Waals surface area contributed by atoms with Gasteiger partial charge in [-0.15, -0.1) is 0 Å². The molecule has 0 saturated carbocycles. The Morgan fingerprint density at radius 3 is 1.95 bits per heavy atom. The smallest absolute Gasteiger partial charge is 0.422 e. The van der Waals surface area contributed by atoms with Gasteiger partial charge in [-0.05, 0) is 12.1 Å². The predicted octanol–water partition coefficient (Wildman–Crippen LogP) is 4.20. The van der Waals surface area contributed by atoms with E-state index in [1.807, 2.05) is 0 Å². The Hall–Kier alpha value is -2.44. The lowest BCUT2D eigenvalue weighted by Crippen LogP contribution is -2.13. The molecule has 0 aliphatic rings. The quantitative estimate of drug-likeness (QED) is 0.472. The van der Waals surface area contributed by atoms with Crippen LogP contribution in [0.2, 0.25) is 0 Å². The molecule has 0 aliphatic carbocycles. The molecule has 0 aromatic heterocycles. The number of carbonyl (C=O) groups excluding carboxylic acids is 1. The highest BCUT2D eigenvalue weighted by molar-refractivity contribution is 5.90. The minimum absolute atomic E-state index is 0.0956. The Morgan fingerprint density at radius 1 is 0.952 bits per heavy atom. The number of hydrogen-bond donors (Lipinski definition) is 0. The molecule has 0 saturated heterocycles. The summed E-state index contributed by atoms with van der Waals surface area (Å²) >= 11 is 0. The molecule has 0 amide bonds. The Morgan fingerprint density at radius 2 is 1.48 bits per heavy atom. The first-order valence-electron chi connectivity index (χ1n) is 5.62. The van der Waals surface area contributed by atoms with E-state index in [0.29, 0.717) is 12.1 Å². The number of ether oxygens (including phenoxy) is 1. The molecular weight excluding hydrogens is 295 g/mol. The number of carbonyl (C=O) groups is 1. The fourth-order valence-electron chi connectivity index (χ4n) is 1.62. The Kier molecular flexibility index (Phi) is 3.93. The zero-order valence-electron chi connectivity index (χ0n) is 10.2. The molecule has 2 rings (SSSR count). The molecule has 21 heavy (non-hydrogen) atoms. The van der Waals surface area contributed by atoms with Gasteiger partial charge >= 0.3 is 12.1 Å². The van der Waals surface area contributed by atoms with Gasteiger partial charge in [0.05, 0.1) is 5.56 Å². The van der Waals surface area contributed by atoms with Crippen molar-refractivity contribution in [2.45, 2.75) is 6.18 Å². The van der Waals surface area contributed by atoms with E-state index in [1.54, 1.807) is 6.07 Å². The van der Waals surface area contributed by atoms with Gasteiger partial charge < -0.3 is 4.74 Å². The lowest BCUT2D eigenvalue weighted by Gasteiger charge is -2.11. The summed E-state index contributed by atoms with van der Waals surface area (Å²) in [6.07, 6.45) is -5.17. The number of esters is 1. The number of alkyl halides is 3. The zero-order chi connectivity index (χ0) is 15.6. The van der Waals surface area contributed by atoms with Crippen LogP contribution in [0, 0.1) is 11.6 Å². The van der Waals surface area contributed by atoms with Crippen molar-refractivity contribution in [3.05, 3.63) is 65.2 Å². The molecule has 0 heterocycles. The standard InChI is InChI=1S/C14H7F5O2/c15-10-6-9(7-11(16)12(10)14(17,18)19)21-13(20)8-4-2-1-3-5-8/h1-7H. The second-order valence-electron chi connectivity index (χ2n) is 4.02. The average molecular weight is 302 g/mol. The van der Waals surface area contributed by atoms with Crippen LogP contribution in [0.4, 0.5) is 22.0 Å². The van der Waals surface area contributed by atoms with E-state index in [4.69, 9.17) is 0 Å². The van der Waals surface area contributed by atoms with Gasteiger partial charge in [-0.25, -0.2) is 13.6 Å². The van der Waals surface area contributed by atoms with Crippen LogP contribution < -0.4 is 4.74 Å². The monoisotopic (exact) mass is 302 g/mol. The van der Waals surface area contributed by atoms with Crippen LogP contribution in [0.25, 0.3) is 0 Å². The molecule has 0 aliphatic heterocycles. The van der Waals surface area contributed by atoms with E-state index in [9.17, 15) is 26.7 Å². The second kappa shape index (κ2) is 5.51. The maximum Gasteiger partial charge on any atom is 0.422 e. The molecule has 7 heteroatoms. The average Bonchev–Trinajstić information content (AvgIpc) is 2.37. The van der Waals surface area contributed by atoms with Gasteiger partial charge in [-0.1, -0.05) is 18.2 Å². The Labute approximate surface area is 115 Å². The number of benzene rings is 2. The van der Waals surface area contributed by atoms with Gasteiger partial charge in [-0.3, -0.25) is 0 Å². The number of rotatable bonds is 2. The van der Waals surface area contributed by atoms with Crippen molar-refractivity contribution >= 4 is 5.97 Å². The lowest BCUT2D eigenvalue weighted by atomic mass is 10.2. The minimum Gasteiger partial charge on any atom is -0.423 e. The fraction of sp³-hybridized carbons (Fsp3) is 0.0714. The SMILES string of the molecule is O=C(Oc1cc(F)c(C(F)(F)F)c(F)c1)c1ccccc1. The van der Waals surface area contributed by atoms with Crippen LogP contribution in [0.15, 0.2) is 42.5 Å². The molecule has 0 fully saturated rings. The van der Waals surface area contributed by atoms with E-state index in [1.165, 1.54) is 24.3 Å². The van der Waals surface area contributed by atoms with E-state index in [-0.39, 0.29) is 5.56 Å². The van der Waals surface area contributed by atoms with E-state index in [0.717, 1.165) is 0 Å². The van der Waals surface area contributed by atoms with Crippen LogP contribution in [-0.4, -0.2) is 5.97 Å². The minimum atomic E-state index is -5.17. The Bertz CT molecular complexity index is 642. The van der Waals surface area contributed by atoms with Crippen LogP contribution in [0.3, 0.4) is 0 Å². The highest BCUT2D eigenvalue weighted by atomic mass is 19.4. The lowest BCUT2D eigenvalue weighted by molar-refractivity contribution is -0.142. The number of halogens is 5. The van der Waals surface area contributed by atoms with Crippen molar-refractivity contribution in [1.82, 2.24) is 0 Å². The molecule has 0 radical (unpaired) electrons. The highest BCUT2D eigenvalue weighted by Crippen LogP contribution is 2.35. The van der Waals surface area contributed by atoms with Gasteiger partial charge in [0.2, 0.25) is 0 Å². The van der Waals surface area contributed by atoms with E-state index < -0.39 is 35.1 Å². The Balaban J connectivity index is 2.29. The first kappa shape index (κ1) is 15.0. The van der Waals surface area contributed by atoms with E-state index >= 15 is 0 Å². The third-order valence-electron chi connectivity index (χ3n) is 2.52. The van der Waals surface area contributed by atoms with Crippen molar-refractivity contribution in [2.75, 3.05) is 0 Å². The summed E-state index contributed by atoms with van der Waals surface area (Å²) in [6, 6.07) is 8.10. The molecule has 110 valence electrons. The summed E-state index contributed by atoms with van der Waals surface area (Å²) in [5.74, 6) is -5.28. The maximum atomic E-state index is 13.3. The topological polar surface area (TPSA) is 26.3 Å². The van der Waals surface area contributed by atoms with E-state index in [2.05, 4.69) is 4.74 Å². The summed E-state index contributed by atoms with van der Waals surface area (Å²) in [4.78, 5) is 11.6. The molecular formula is C14H7F5O2. The predicted molar refractivity (Wildman–Crippen MR) is 62.8 cm³/mol. The fourth-order valence-corrected chi connectivity index (χ4v) is 1.62. The van der Waals surface area contributed by atoms with Crippen LogP contribution in [0.5, 0.6) is 5.75 Å². The van der Waals surface area contributed by atoms with Gasteiger partial charge in [0.1, 0.15) is 22.9 Å². The van der Waals surface area contributed by atoms with Gasteiger partial charge in [0, 0.05) is 12.1 Å². The molecule has 0 atom stereocenters. The van der Waals surface area contributed by atoms with Crippen molar-refractivity contribution in [3.63, 3.8) is 0 Å². The van der Waals surface area contributed by atoms with Crippen LogP contribution in [0.1, 0.15) is 15.9 Å².